The molecule has 9 heteroatoms. The second-order valence-corrected chi connectivity index (χ2v) is 8.48. The van der Waals surface area contributed by atoms with E-state index in [1.54, 1.807) is 36.7 Å². The molecule has 2 amide bonds. The summed E-state index contributed by atoms with van der Waals surface area (Å²) >= 11 is 0. The van der Waals surface area contributed by atoms with Crippen molar-refractivity contribution in [3.8, 4) is 11.5 Å². The van der Waals surface area contributed by atoms with Crippen LogP contribution in [0, 0.1) is 5.92 Å². The molecule has 2 aliphatic rings. The third-order valence-corrected chi connectivity index (χ3v) is 6.36. The average Bonchev–Trinajstić information content (AvgIpc) is 3.38. The van der Waals surface area contributed by atoms with Gasteiger partial charge < -0.3 is 20.5 Å². The fourth-order valence-electron chi connectivity index (χ4n) is 4.90. The van der Waals surface area contributed by atoms with Crippen molar-refractivity contribution in [3.05, 3.63) is 89.7 Å². The number of carbonyl (C=O) groups excluding carboxylic acids is 2. The fourth-order valence-corrected chi connectivity index (χ4v) is 4.90. The molecule has 2 aliphatic heterocycles. The number of phenolic OH excluding ortho intramolecular Hbond substituents is 1. The van der Waals surface area contributed by atoms with Crippen LogP contribution in [0.2, 0.25) is 0 Å². The molecule has 0 bridgehead atoms. The molecule has 0 radical (unpaired) electrons. The van der Waals surface area contributed by atoms with Gasteiger partial charge in [-0.3, -0.25) is 14.6 Å². The number of hydrazine groups is 1. The number of likely N-dealkylation sites (tertiary alicyclic amines) is 1. The van der Waals surface area contributed by atoms with Gasteiger partial charge in [-0.25, -0.2) is 10.9 Å². The summed E-state index contributed by atoms with van der Waals surface area (Å²) in [6.45, 7) is 0.196. The number of fused-ring (bicyclic) bond motifs is 1. The van der Waals surface area contributed by atoms with E-state index in [0.717, 1.165) is 16.7 Å². The number of hydrogen-bond donors (Lipinski definition) is 4. The predicted octanol–water partition coefficient (Wildman–Crippen LogP) is 1.57. The number of benzene rings is 2. The van der Waals surface area contributed by atoms with Gasteiger partial charge in [-0.2, -0.15) is 0 Å². The Labute approximate surface area is 196 Å². The molecule has 34 heavy (non-hydrogen) atoms. The summed E-state index contributed by atoms with van der Waals surface area (Å²) in [5.41, 5.74) is 14.1. The molecule has 2 saturated heterocycles. The van der Waals surface area contributed by atoms with Gasteiger partial charge in [-0.1, -0.05) is 36.4 Å². The average molecular weight is 460 g/mol. The number of primary amides is 1. The molecule has 4 unspecified atom stereocenters. The SMILES string of the molecule is NC(=O)COc1ccc(C2C3C(NNC3c3ccccc3O)C(=O)N2Cc2cccnc2)cc1. The third-order valence-electron chi connectivity index (χ3n) is 6.36. The lowest BCUT2D eigenvalue weighted by molar-refractivity contribution is -0.131. The van der Waals surface area contributed by atoms with Crippen LogP contribution in [0.1, 0.15) is 28.8 Å². The van der Waals surface area contributed by atoms with Crippen molar-refractivity contribution < 1.29 is 19.4 Å². The molecule has 3 heterocycles. The minimum atomic E-state index is -0.551. The summed E-state index contributed by atoms with van der Waals surface area (Å²) in [5.74, 6) is -0.0746. The molecule has 1 aromatic heterocycles. The third kappa shape index (κ3) is 4.07. The quantitative estimate of drug-likeness (QED) is 0.422. The lowest BCUT2D eigenvalue weighted by atomic mass is 9.83. The zero-order valence-corrected chi connectivity index (χ0v) is 18.3. The van der Waals surface area contributed by atoms with Crippen molar-refractivity contribution in [2.24, 2.45) is 11.7 Å². The summed E-state index contributed by atoms with van der Waals surface area (Å²) in [6.07, 6.45) is 3.46. The molecular weight excluding hydrogens is 434 g/mol. The van der Waals surface area contributed by atoms with Gasteiger partial charge in [0.15, 0.2) is 6.61 Å². The molecular formula is C25H25N5O4. The maximum Gasteiger partial charge on any atom is 0.255 e. The Balaban J connectivity index is 1.52. The van der Waals surface area contributed by atoms with E-state index in [9.17, 15) is 14.7 Å². The van der Waals surface area contributed by atoms with Crippen molar-refractivity contribution in [2.75, 3.05) is 6.61 Å². The number of ether oxygens (including phenoxy) is 1. The Kier molecular flexibility index (Phi) is 5.87. The van der Waals surface area contributed by atoms with Crippen molar-refractivity contribution >= 4 is 11.8 Å². The van der Waals surface area contributed by atoms with Crippen LogP contribution in [-0.4, -0.2) is 39.5 Å². The van der Waals surface area contributed by atoms with Gasteiger partial charge in [-0.15, -0.1) is 0 Å². The van der Waals surface area contributed by atoms with Gasteiger partial charge in [0, 0.05) is 30.4 Å². The van der Waals surface area contributed by atoms with Gasteiger partial charge in [0.25, 0.3) is 5.91 Å². The molecule has 174 valence electrons. The van der Waals surface area contributed by atoms with E-state index in [4.69, 9.17) is 10.5 Å². The lowest BCUT2D eigenvalue weighted by Crippen LogP contribution is -2.41. The van der Waals surface area contributed by atoms with Crippen molar-refractivity contribution in [2.45, 2.75) is 24.7 Å². The number of nitrogens with one attached hydrogen (secondary N) is 2. The lowest BCUT2D eigenvalue weighted by Gasteiger charge is -2.31. The summed E-state index contributed by atoms with van der Waals surface area (Å²) in [4.78, 5) is 30.6. The maximum absolute atomic E-state index is 13.5. The summed E-state index contributed by atoms with van der Waals surface area (Å²) in [7, 11) is 0. The minimum Gasteiger partial charge on any atom is -0.508 e. The highest BCUT2D eigenvalue weighted by Gasteiger charge is 2.55. The highest BCUT2D eigenvalue weighted by atomic mass is 16.5. The largest absolute Gasteiger partial charge is 0.508 e. The number of aromatic nitrogens is 1. The van der Waals surface area contributed by atoms with Crippen LogP contribution in [0.5, 0.6) is 11.5 Å². The van der Waals surface area contributed by atoms with E-state index in [2.05, 4.69) is 15.8 Å². The van der Waals surface area contributed by atoms with E-state index in [1.807, 2.05) is 41.3 Å². The van der Waals surface area contributed by atoms with E-state index in [1.165, 1.54) is 0 Å². The van der Waals surface area contributed by atoms with E-state index >= 15 is 0 Å². The molecule has 0 aliphatic carbocycles. The Morgan fingerprint density at radius 1 is 1.06 bits per heavy atom. The van der Waals surface area contributed by atoms with Crippen LogP contribution in [0.4, 0.5) is 0 Å². The number of phenols is 1. The molecule has 9 nitrogen and oxygen atoms in total. The van der Waals surface area contributed by atoms with E-state index in [0.29, 0.717) is 12.3 Å². The first-order chi connectivity index (χ1) is 16.5. The number of aromatic hydroxyl groups is 1. The zero-order chi connectivity index (χ0) is 23.7. The van der Waals surface area contributed by atoms with Crippen molar-refractivity contribution in [1.82, 2.24) is 20.7 Å². The standard InChI is InChI=1S/C25H25N5O4/c26-20(32)14-34-17-9-7-16(8-10-17)24-21-22(18-5-1-2-6-19(18)31)28-29-23(21)25(33)30(24)13-15-4-3-11-27-12-15/h1-12,21-24,28-29,31H,13-14H2,(H2,26,32). The Morgan fingerprint density at radius 3 is 2.53 bits per heavy atom. The molecule has 2 aromatic carbocycles. The molecule has 0 spiro atoms. The van der Waals surface area contributed by atoms with Gasteiger partial charge in [0.2, 0.25) is 5.91 Å². The second-order valence-electron chi connectivity index (χ2n) is 8.48. The van der Waals surface area contributed by atoms with Crippen LogP contribution in [0.25, 0.3) is 0 Å². The minimum absolute atomic E-state index is 0.0293. The van der Waals surface area contributed by atoms with Gasteiger partial charge in [0.1, 0.15) is 17.5 Å². The van der Waals surface area contributed by atoms with Crippen molar-refractivity contribution in [1.29, 1.82) is 0 Å². The van der Waals surface area contributed by atoms with Crippen LogP contribution >= 0.6 is 0 Å². The van der Waals surface area contributed by atoms with Gasteiger partial charge in [-0.05, 0) is 35.4 Å². The maximum atomic E-state index is 13.5. The summed E-state index contributed by atoms with van der Waals surface area (Å²) < 4.78 is 5.40. The molecule has 2 fully saturated rings. The van der Waals surface area contributed by atoms with E-state index < -0.39 is 11.9 Å². The second kappa shape index (κ2) is 9.12. The number of para-hydroxylation sites is 1. The smallest absolute Gasteiger partial charge is 0.255 e. The first kappa shape index (κ1) is 21.9. The number of nitrogens with zero attached hydrogens (tertiary/aromatic N) is 2. The molecule has 4 atom stereocenters. The number of pyridine rings is 1. The normalized spacial score (nSPS) is 23.6. The van der Waals surface area contributed by atoms with E-state index in [-0.39, 0.29) is 36.3 Å². The molecule has 3 aromatic rings. The van der Waals surface area contributed by atoms with Gasteiger partial charge in [0.05, 0.1) is 12.1 Å². The Hall–Kier alpha value is -3.95. The number of nitrogens with two attached hydrogens (primary N) is 1. The molecule has 5 rings (SSSR count). The Bertz CT molecular complexity index is 1190. The predicted molar refractivity (Wildman–Crippen MR) is 123 cm³/mol. The molecule has 5 N–H and O–H groups in total. The first-order valence-electron chi connectivity index (χ1n) is 11.0. The first-order valence-corrected chi connectivity index (χ1v) is 11.0. The number of rotatable bonds is 7. The topological polar surface area (TPSA) is 130 Å². The zero-order valence-electron chi connectivity index (χ0n) is 18.3. The number of carbonyl (C=O) groups is 2. The van der Waals surface area contributed by atoms with Crippen molar-refractivity contribution in [3.63, 3.8) is 0 Å². The Morgan fingerprint density at radius 2 is 1.82 bits per heavy atom. The highest BCUT2D eigenvalue weighted by Crippen LogP contribution is 2.49. The number of hydrogen-bond acceptors (Lipinski definition) is 7. The molecule has 0 saturated carbocycles. The summed E-state index contributed by atoms with van der Waals surface area (Å²) in [6, 6.07) is 17.2. The number of amides is 2. The fraction of sp³-hybridized carbons (Fsp3) is 0.240. The van der Waals surface area contributed by atoms with Crippen LogP contribution < -0.4 is 21.3 Å². The summed E-state index contributed by atoms with van der Waals surface area (Å²) in [5, 5.41) is 10.5. The monoisotopic (exact) mass is 459 g/mol. The van der Waals surface area contributed by atoms with Crippen LogP contribution in [0.15, 0.2) is 73.1 Å². The van der Waals surface area contributed by atoms with Crippen LogP contribution in [0.3, 0.4) is 0 Å². The van der Waals surface area contributed by atoms with Crippen LogP contribution in [-0.2, 0) is 16.1 Å². The highest BCUT2D eigenvalue weighted by molar-refractivity contribution is 5.86. The van der Waals surface area contributed by atoms with Gasteiger partial charge >= 0.3 is 0 Å².